The van der Waals surface area contributed by atoms with E-state index in [1.54, 1.807) is 0 Å². The van der Waals surface area contributed by atoms with Crippen molar-refractivity contribution in [2.45, 2.75) is 267 Å². The first-order chi connectivity index (χ1) is 38.9. The SMILES string of the molecule is C[C@@H]1O[C@@H](O[C@@H]2[C@@H](O)[C@H](O[C@@H]3[C@@H](O)[C@H](OC(=O)[C@]45CCC(C)(C)C[C@H]4C4=CC[C@H]6[C@@]7(C)CC[C@H](O[C@@H]8O[C@H](CO)[C@H](O)[C@H](O)[C@H]8O)C(C)(C)[C@H]7CC[C@@]6(C)[C@]4(C)CC5)OC[C@H]3O)OC[C@H]2O)[C@H](O)[C@H](O)[C@H]1O[C@@H]1O[C@H](CO)[C@H](O)[C@H](O)[C@H]1O. The summed E-state index contributed by atoms with van der Waals surface area (Å²) in [6.45, 7) is 15.3. The molecule has 5 aliphatic heterocycles. The maximum atomic E-state index is 15.2. The normalized spacial score (nSPS) is 54.2. The molecular weight excluding hydrogens is 1100 g/mol. The number of aliphatic hydroxyl groups excluding tert-OH is 14. The zero-order valence-corrected chi connectivity index (χ0v) is 48.8. The van der Waals surface area contributed by atoms with Crippen molar-refractivity contribution in [2.75, 3.05) is 26.4 Å². The molecule has 0 aromatic rings. The van der Waals surface area contributed by atoms with E-state index in [-0.39, 0.29) is 50.9 Å². The molecule has 5 aliphatic carbocycles. The van der Waals surface area contributed by atoms with Gasteiger partial charge in [-0.1, -0.05) is 60.1 Å². The van der Waals surface area contributed by atoms with Gasteiger partial charge in [0.2, 0.25) is 6.29 Å². The number of rotatable bonds is 12. The molecule has 0 unspecified atom stereocenters. The Hall–Kier alpha value is -1.71. The molecule has 25 heteroatoms. The second kappa shape index (κ2) is 23.6. The molecule has 0 aromatic heterocycles. The topological polar surface area (TPSA) is 393 Å². The molecule has 0 spiro atoms. The van der Waals surface area contributed by atoms with Gasteiger partial charge in [0.1, 0.15) is 104 Å². The van der Waals surface area contributed by atoms with Crippen LogP contribution in [0.2, 0.25) is 0 Å². The molecule has 10 aliphatic rings. The number of fused-ring (bicyclic) bond motifs is 7. The zero-order valence-electron chi connectivity index (χ0n) is 48.8. The first-order valence-electron chi connectivity index (χ1n) is 30.0. The Morgan fingerprint density at radius 3 is 1.66 bits per heavy atom. The Kier molecular flexibility index (Phi) is 18.3. The van der Waals surface area contributed by atoms with Gasteiger partial charge in [-0.25, -0.2) is 0 Å². The van der Waals surface area contributed by atoms with Gasteiger partial charge < -0.3 is 119 Å². The molecule has 0 aromatic carbocycles. The van der Waals surface area contributed by atoms with E-state index in [2.05, 4.69) is 54.5 Å². The van der Waals surface area contributed by atoms with Crippen molar-refractivity contribution in [3.05, 3.63) is 11.6 Å². The predicted octanol–water partition coefficient (Wildman–Crippen LogP) is -1.91. The average molecular weight is 1190 g/mol. The van der Waals surface area contributed by atoms with Gasteiger partial charge in [-0.15, -0.1) is 0 Å². The first-order valence-corrected chi connectivity index (χ1v) is 30.0. The summed E-state index contributed by atoms with van der Waals surface area (Å²) in [5.41, 5.74) is -0.821. The summed E-state index contributed by atoms with van der Waals surface area (Å²) in [5.74, 6) is -0.257. The summed E-state index contributed by atoms with van der Waals surface area (Å²) >= 11 is 0. The average Bonchev–Trinajstić information content (AvgIpc) is 1.09. The number of carbonyl (C=O) groups excluding carboxylic acids is 1. The van der Waals surface area contributed by atoms with Gasteiger partial charge in [-0.3, -0.25) is 4.79 Å². The number of allylic oxidation sites excluding steroid dienone is 2. The van der Waals surface area contributed by atoms with Crippen molar-refractivity contribution in [3.63, 3.8) is 0 Å². The Morgan fingerprint density at radius 1 is 0.542 bits per heavy atom. The molecule has 5 saturated heterocycles. The number of aliphatic hydroxyl groups is 14. The fraction of sp³-hybridized carbons (Fsp3) is 0.948. The van der Waals surface area contributed by atoms with Crippen LogP contribution in [0.15, 0.2) is 11.6 Å². The van der Waals surface area contributed by atoms with Crippen LogP contribution in [0.1, 0.15) is 120 Å². The zero-order chi connectivity index (χ0) is 60.4. The summed E-state index contributed by atoms with van der Waals surface area (Å²) in [5, 5.41) is 150. The van der Waals surface area contributed by atoms with Crippen LogP contribution < -0.4 is 0 Å². The summed E-state index contributed by atoms with van der Waals surface area (Å²) in [4.78, 5) is 15.2. The minimum absolute atomic E-state index is 0.119. The number of ether oxygens (including phenoxy) is 10. The molecule has 10 rings (SSSR count). The van der Waals surface area contributed by atoms with E-state index in [4.69, 9.17) is 47.4 Å². The fourth-order valence-electron chi connectivity index (χ4n) is 17.4. The summed E-state index contributed by atoms with van der Waals surface area (Å²) < 4.78 is 59.0. The number of hydrogen-bond acceptors (Lipinski definition) is 25. The molecule has 0 bridgehead atoms. The van der Waals surface area contributed by atoms with E-state index >= 15 is 4.79 Å². The predicted molar refractivity (Wildman–Crippen MR) is 282 cm³/mol. The van der Waals surface area contributed by atoms with E-state index in [1.165, 1.54) is 12.5 Å². The molecular formula is C58H94O25. The van der Waals surface area contributed by atoms with Crippen LogP contribution in [0.4, 0.5) is 0 Å². The summed E-state index contributed by atoms with van der Waals surface area (Å²) in [7, 11) is 0. The van der Waals surface area contributed by atoms with Crippen LogP contribution in [0, 0.1) is 50.2 Å². The third-order valence-electron chi connectivity index (χ3n) is 22.7. The van der Waals surface area contributed by atoms with Crippen molar-refractivity contribution in [1.29, 1.82) is 0 Å². The van der Waals surface area contributed by atoms with Gasteiger partial charge >= 0.3 is 5.97 Å². The van der Waals surface area contributed by atoms with Crippen LogP contribution in [0.5, 0.6) is 0 Å². The van der Waals surface area contributed by atoms with Crippen LogP contribution in [0.25, 0.3) is 0 Å². The molecule has 0 amide bonds. The standard InChI is InChI=1S/C58H94O25/c1-24-44(80-51-40(69)37(66)35(64)30(21-60)78-51)38(67)41(70)49(76-24)82-46-28(62)22-74-47(42(46)71)81-45-27(61)23-75-48(43(45)72)83-52(73)58-17-15-53(2,3)19-26(58)25-9-10-32-55(6)13-12-33(79-50-39(68)36(65)34(63)29(20-59)77-50)54(4,5)31(55)11-14-57(32,8)56(25,7)16-18-58/h9,24,26-51,59-72H,10-23H2,1-8H3/t24-,26-,27+,28+,29+,30+,31+,32-,33-,34-,35-,36-,37-,38-,39+,40+,41+,42+,43+,44-,45-,46-,47-,48-,49-,50-,51-,55-,56+,57+,58-/m0/s1. The van der Waals surface area contributed by atoms with Crippen LogP contribution in [0.3, 0.4) is 0 Å². The van der Waals surface area contributed by atoms with Gasteiger partial charge in [-0.05, 0) is 116 Å². The van der Waals surface area contributed by atoms with E-state index in [0.717, 1.165) is 38.5 Å². The van der Waals surface area contributed by atoms with Gasteiger partial charge in [0.25, 0.3) is 0 Å². The van der Waals surface area contributed by atoms with Crippen molar-refractivity contribution < 1.29 is 124 Å². The molecule has 83 heavy (non-hydrogen) atoms. The lowest BCUT2D eigenvalue weighted by molar-refractivity contribution is -0.376. The van der Waals surface area contributed by atoms with Crippen molar-refractivity contribution in [1.82, 2.24) is 0 Å². The minimum atomic E-state index is -1.92. The highest BCUT2D eigenvalue weighted by Crippen LogP contribution is 2.76. The number of esters is 1. The highest BCUT2D eigenvalue weighted by Gasteiger charge is 2.70. The van der Waals surface area contributed by atoms with Crippen molar-refractivity contribution >= 4 is 5.97 Å². The quantitative estimate of drug-likeness (QED) is 0.0576. The molecule has 0 radical (unpaired) electrons. The Bertz CT molecular complexity index is 2310. The molecule has 25 nitrogen and oxygen atoms in total. The third-order valence-corrected chi connectivity index (χ3v) is 22.7. The number of carbonyl (C=O) groups is 1. The third kappa shape index (κ3) is 10.8. The van der Waals surface area contributed by atoms with Gasteiger partial charge in [0.15, 0.2) is 25.2 Å². The summed E-state index contributed by atoms with van der Waals surface area (Å²) in [6.07, 6.45) is -27.0. The Labute approximate surface area is 483 Å². The number of hydrogen-bond donors (Lipinski definition) is 14. The second-order valence-corrected chi connectivity index (χ2v) is 28.2. The van der Waals surface area contributed by atoms with Crippen molar-refractivity contribution in [2.24, 2.45) is 50.2 Å². The Morgan fingerprint density at radius 2 is 1.06 bits per heavy atom. The minimum Gasteiger partial charge on any atom is -0.432 e. The monoisotopic (exact) mass is 1190 g/mol. The van der Waals surface area contributed by atoms with Crippen LogP contribution >= 0.6 is 0 Å². The largest absolute Gasteiger partial charge is 0.432 e. The lowest BCUT2D eigenvalue weighted by atomic mass is 9.33. The highest BCUT2D eigenvalue weighted by molar-refractivity contribution is 5.79. The fourth-order valence-corrected chi connectivity index (χ4v) is 17.4. The maximum Gasteiger partial charge on any atom is 0.315 e. The summed E-state index contributed by atoms with van der Waals surface area (Å²) in [6, 6.07) is 0. The van der Waals surface area contributed by atoms with Crippen LogP contribution in [-0.2, 0) is 52.2 Å². The molecule has 4 saturated carbocycles. The first kappa shape index (κ1) is 64.3. The van der Waals surface area contributed by atoms with E-state index in [0.29, 0.717) is 25.7 Å². The smallest absolute Gasteiger partial charge is 0.315 e. The van der Waals surface area contributed by atoms with Gasteiger partial charge in [0.05, 0.1) is 44.1 Å². The van der Waals surface area contributed by atoms with Crippen molar-refractivity contribution in [3.8, 4) is 0 Å². The highest BCUT2D eigenvalue weighted by atomic mass is 16.8. The lowest BCUT2D eigenvalue weighted by Gasteiger charge is -2.71. The Balaban J connectivity index is 0.805. The molecule has 14 N–H and O–H groups in total. The van der Waals surface area contributed by atoms with E-state index in [1.807, 2.05) is 0 Å². The lowest BCUT2D eigenvalue weighted by Crippen LogP contribution is -2.66. The molecule has 9 fully saturated rings. The van der Waals surface area contributed by atoms with Gasteiger partial charge in [0, 0.05) is 0 Å². The van der Waals surface area contributed by atoms with E-state index in [9.17, 15) is 71.5 Å². The van der Waals surface area contributed by atoms with E-state index < -0.39 is 179 Å². The maximum absolute atomic E-state index is 15.2. The van der Waals surface area contributed by atoms with Crippen LogP contribution in [-0.4, -0.2) is 251 Å². The molecule has 31 atom stereocenters. The van der Waals surface area contributed by atoms with Gasteiger partial charge in [-0.2, -0.15) is 0 Å². The molecule has 5 heterocycles. The second-order valence-electron chi connectivity index (χ2n) is 28.2. The molecule has 476 valence electrons.